The van der Waals surface area contributed by atoms with Gasteiger partial charge in [-0.05, 0) is 33.6 Å². The van der Waals surface area contributed by atoms with E-state index in [9.17, 15) is 0 Å². The highest BCUT2D eigenvalue weighted by molar-refractivity contribution is 14.0. The van der Waals surface area contributed by atoms with Gasteiger partial charge in [-0.25, -0.2) is 0 Å². The van der Waals surface area contributed by atoms with Crippen LogP contribution < -0.4 is 5.32 Å². The normalized spacial score (nSPS) is 17.1. The van der Waals surface area contributed by atoms with Gasteiger partial charge in [0.2, 0.25) is 5.89 Å². The molecule has 1 aliphatic heterocycles. The first-order valence-corrected chi connectivity index (χ1v) is 7.80. The lowest BCUT2D eigenvalue weighted by molar-refractivity contribution is -0.0772. The molecule has 0 amide bonds. The second-order valence-electron chi connectivity index (χ2n) is 6.55. The SMILES string of the molecule is CN=C(NCc1noc(C)n1)N1CCC(OC(C)(C)C)CC1.I. The number of halogens is 1. The summed E-state index contributed by atoms with van der Waals surface area (Å²) in [5.41, 5.74) is -0.0801. The van der Waals surface area contributed by atoms with E-state index in [0.29, 0.717) is 24.4 Å². The van der Waals surface area contributed by atoms with Gasteiger partial charge in [0, 0.05) is 27.1 Å². The quantitative estimate of drug-likeness (QED) is 0.445. The maximum absolute atomic E-state index is 6.05. The Balaban J connectivity index is 0.00000264. The molecule has 2 heterocycles. The van der Waals surface area contributed by atoms with Crippen LogP contribution in [0.2, 0.25) is 0 Å². The summed E-state index contributed by atoms with van der Waals surface area (Å²) in [6.45, 7) is 10.5. The minimum absolute atomic E-state index is 0. The zero-order chi connectivity index (χ0) is 16.2. The fourth-order valence-electron chi connectivity index (χ4n) is 2.59. The predicted molar refractivity (Wildman–Crippen MR) is 100 cm³/mol. The summed E-state index contributed by atoms with van der Waals surface area (Å²) in [5, 5.41) is 7.16. The van der Waals surface area contributed by atoms with Crippen molar-refractivity contribution in [1.82, 2.24) is 20.4 Å². The molecule has 1 saturated heterocycles. The Bertz CT molecular complexity index is 504. The molecule has 8 heteroatoms. The molecule has 7 nitrogen and oxygen atoms in total. The van der Waals surface area contributed by atoms with E-state index < -0.39 is 0 Å². The fraction of sp³-hybridized carbons (Fsp3) is 0.800. The van der Waals surface area contributed by atoms with Crippen molar-refractivity contribution in [3.63, 3.8) is 0 Å². The van der Waals surface area contributed by atoms with Crippen LogP contribution in [0.4, 0.5) is 0 Å². The number of piperidine rings is 1. The molecule has 1 fully saturated rings. The molecule has 0 spiro atoms. The third kappa shape index (κ3) is 6.62. The molecule has 1 aromatic heterocycles. The number of aryl methyl sites for hydroxylation is 1. The highest BCUT2D eigenvalue weighted by atomic mass is 127. The molecular formula is C15H28IN5O2. The van der Waals surface area contributed by atoms with Crippen molar-refractivity contribution in [3.05, 3.63) is 11.7 Å². The van der Waals surface area contributed by atoms with Crippen LogP contribution in [0.5, 0.6) is 0 Å². The Morgan fingerprint density at radius 2 is 2.04 bits per heavy atom. The number of hydrogen-bond acceptors (Lipinski definition) is 5. The van der Waals surface area contributed by atoms with Crippen LogP contribution in [-0.4, -0.2) is 52.8 Å². The average Bonchev–Trinajstić information content (AvgIpc) is 2.85. The molecule has 0 saturated carbocycles. The van der Waals surface area contributed by atoms with Crippen molar-refractivity contribution in [2.75, 3.05) is 20.1 Å². The lowest BCUT2D eigenvalue weighted by Crippen LogP contribution is -2.47. The van der Waals surface area contributed by atoms with Crippen LogP contribution >= 0.6 is 24.0 Å². The molecule has 0 bridgehead atoms. The van der Waals surface area contributed by atoms with Crippen LogP contribution in [0.3, 0.4) is 0 Å². The van der Waals surface area contributed by atoms with Crippen LogP contribution in [0, 0.1) is 6.92 Å². The van der Waals surface area contributed by atoms with Gasteiger partial charge in [0.05, 0.1) is 18.2 Å². The summed E-state index contributed by atoms with van der Waals surface area (Å²) in [6, 6.07) is 0. The first-order valence-electron chi connectivity index (χ1n) is 7.80. The van der Waals surface area contributed by atoms with Crippen molar-refractivity contribution >= 4 is 29.9 Å². The van der Waals surface area contributed by atoms with E-state index in [0.717, 1.165) is 31.9 Å². The number of likely N-dealkylation sites (tertiary alicyclic amines) is 1. The smallest absolute Gasteiger partial charge is 0.223 e. The zero-order valence-corrected chi connectivity index (χ0v) is 17.0. The Labute approximate surface area is 155 Å². The van der Waals surface area contributed by atoms with Crippen molar-refractivity contribution in [3.8, 4) is 0 Å². The molecule has 132 valence electrons. The number of aromatic nitrogens is 2. The summed E-state index contributed by atoms with van der Waals surface area (Å²) < 4.78 is 11.0. The summed E-state index contributed by atoms with van der Waals surface area (Å²) in [5.74, 6) is 2.09. The number of rotatable bonds is 3. The van der Waals surface area contributed by atoms with Crippen molar-refractivity contribution in [2.24, 2.45) is 4.99 Å². The molecular weight excluding hydrogens is 409 g/mol. The van der Waals surface area contributed by atoms with E-state index in [4.69, 9.17) is 9.26 Å². The summed E-state index contributed by atoms with van der Waals surface area (Å²) in [4.78, 5) is 10.8. The van der Waals surface area contributed by atoms with E-state index in [1.807, 2.05) is 0 Å². The topological polar surface area (TPSA) is 75.8 Å². The van der Waals surface area contributed by atoms with E-state index in [-0.39, 0.29) is 29.6 Å². The number of nitrogens with zero attached hydrogens (tertiary/aromatic N) is 4. The van der Waals surface area contributed by atoms with Gasteiger partial charge in [-0.1, -0.05) is 5.16 Å². The van der Waals surface area contributed by atoms with Crippen molar-refractivity contribution < 1.29 is 9.26 Å². The average molecular weight is 437 g/mol. The molecule has 0 unspecified atom stereocenters. The first-order chi connectivity index (χ1) is 10.4. The van der Waals surface area contributed by atoms with Gasteiger partial charge in [-0.2, -0.15) is 4.98 Å². The number of aliphatic imine (C=N–C) groups is 1. The Hall–Kier alpha value is -0.900. The van der Waals surface area contributed by atoms with Gasteiger partial charge >= 0.3 is 0 Å². The van der Waals surface area contributed by atoms with Gasteiger partial charge in [-0.3, -0.25) is 4.99 Å². The van der Waals surface area contributed by atoms with E-state index >= 15 is 0 Å². The third-order valence-corrected chi connectivity index (χ3v) is 3.45. The van der Waals surface area contributed by atoms with E-state index in [1.54, 1.807) is 14.0 Å². The van der Waals surface area contributed by atoms with Crippen molar-refractivity contribution in [2.45, 2.75) is 58.8 Å². The standard InChI is InChI=1S/C15H27N5O2.HI/c1-11-18-13(19-22-11)10-17-14(16-5)20-8-6-12(7-9-20)21-15(2,3)4;/h12H,6-10H2,1-5H3,(H,16,17);1H. The summed E-state index contributed by atoms with van der Waals surface area (Å²) in [7, 11) is 1.79. The Morgan fingerprint density at radius 1 is 1.39 bits per heavy atom. The predicted octanol–water partition coefficient (Wildman–Crippen LogP) is 2.35. The number of hydrogen-bond donors (Lipinski definition) is 1. The minimum atomic E-state index is -0.0801. The lowest BCUT2D eigenvalue weighted by Gasteiger charge is -2.36. The molecule has 1 aromatic rings. The second-order valence-corrected chi connectivity index (χ2v) is 6.55. The van der Waals surface area contributed by atoms with Gasteiger partial charge in [0.25, 0.3) is 0 Å². The number of nitrogens with one attached hydrogen (secondary N) is 1. The monoisotopic (exact) mass is 437 g/mol. The summed E-state index contributed by atoms with van der Waals surface area (Å²) >= 11 is 0. The van der Waals surface area contributed by atoms with E-state index in [1.165, 1.54) is 0 Å². The molecule has 0 atom stereocenters. The van der Waals surface area contributed by atoms with Crippen molar-refractivity contribution in [1.29, 1.82) is 0 Å². The number of ether oxygens (including phenoxy) is 1. The molecule has 2 rings (SSSR count). The Morgan fingerprint density at radius 3 is 2.52 bits per heavy atom. The second kappa shape index (κ2) is 8.81. The fourth-order valence-corrected chi connectivity index (χ4v) is 2.59. The molecule has 0 aromatic carbocycles. The van der Waals surface area contributed by atoms with Crippen LogP contribution in [0.1, 0.15) is 45.3 Å². The first kappa shape index (κ1) is 20.1. The number of guanidine groups is 1. The maximum Gasteiger partial charge on any atom is 0.223 e. The molecule has 0 radical (unpaired) electrons. The van der Waals surface area contributed by atoms with Gasteiger partial charge in [0.1, 0.15) is 0 Å². The van der Waals surface area contributed by atoms with Gasteiger partial charge < -0.3 is 19.5 Å². The zero-order valence-electron chi connectivity index (χ0n) is 14.6. The van der Waals surface area contributed by atoms with Gasteiger partial charge in [-0.15, -0.1) is 24.0 Å². The van der Waals surface area contributed by atoms with Crippen LogP contribution in [-0.2, 0) is 11.3 Å². The van der Waals surface area contributed by atoms with Crippen LogP contribution in [0.25, 0.3) is 0 Å². The molecule has 1 aliphatic rings. The minimum Gasteiger partial charge on any atom is -0.372 e. The highest BCUT2D eigenvalue weighted by Crippen LogP contribution is 2.20. The maximum atomic E-state index is 6.05. The molecule has 23 heavy (non-hydrogen) atoms. The largest absolute Gasteiger partial charge is 0.372 e. The lowest BCUT2D eigenvalue weighted by atomic mass is 10.1. The highest BCUT2D eigenvalue weighted by Gasteiger charge is 2.25. The van der Waals surface area contributed by atoms with E-state index in [2.05, 4.69) is 46.1 Å². The molecule has 1 N–H and O–H groups in total. The summed E-state index contributed by atoms with van der Waals surface area (Å²) in [6.07, 6.45) is 2.35. The Kier molecular flexibility index (Phi) is 7.72. The van der Waals surface area contributed by atoms with Gasteiger partial charge in [0.15, 0.2) is 11.8 Å². The van der Waals surface area contributed by atoms with Crippen LogP contribution in [0.15, 0.2) is 9.52 Å². The molecule has 0 aliphatic carbocycles. The third-order valence-electron chi connectivity index (χ3n) is 3.45.